The molecule has 0 radical (unpaired) electrons. The third-order valence-electron chi connectivity index (χ3n) is 4.65. The average molecular weight is 340 g/mol. The van der Waals surface area contributed by atoms with Crippen LogP contribution in [0.4, 0.5) is 4.79 Å². The molecule has 3 rings (SSSR count). The van der Waals surface area contributed by atoms with Crippen molar-refractivity contribution in [3.63, 3.8) is 0 Å². The van der Waals surface area contributed by atoms with Gasteiger partial charge in [-0.2, -0.15) is 0 Å². The van der Waals surface area contributed by atoms with Crippen molar-refractivity contribution < 1.29 is 19.1 Å². The second kappa shape index (κ2) is 8.32. The van der Waals surface area contributed by atoms with Crippen LogP contribution in [-0.2, 0) is 14.3 Å². The maximum absolute atomic E-state index is 12.5. The van der Waals surface area contributed by atoms with Crippen LogP contribution in [0.5, 0.6) is 0 Å². The Bertz CT molecular complexity index is 477. The molecule has 2 N–H and O–H groups in total. The molecule has 3 aliphatic heterocycles. The maximum Gasteiger partial charge on any atom is 0.328 e. The lowest BCUT2D eigenvalue weighted by Gasteiger charge is -2.32. The summed E-state index contributed by atoms with van der Waals surface area (Å²) in [6.07, 6.45) is 1.96. The summed E-state index contributed by atoms with van der Waals surface area (Å²) in [7, 11) is 0. The number of carbonyl (C=O) groups excluding carboxylic acids is 3. The standard InChI is InChI=1S/C16H28N4O4/c1-4-24-15(22)12(3)17-14(21)11(2)18-16(23)20-10-9-19-7-5-13(20)6-8-19/h11-13H,4-10H2,1-3H3,(H,17,21)(H,18,23)/t11-,12+/m0/s1. The highest BCUT2D eigenvalue weighted by Crippen LogP contribution is 2.20. The largest absolute Gasteiger partial charge is 0.464 e. The molecule has 8 nitrogen and oxygen atoms in total. The molecule has 3 amide bonds. The Hall–Kier alpha value is -1.83. The highest BCUT2D eigenvalue weighted by molar-refractivity contribution is 5.90. The van der Waals surface area contributed by atoms with E-state index in [1.807, 2.05) is 4.90 Å². The van der Waals surface area contributed by atoms with Gasteiger partial charge in [0.25, 0.3) is 0 Å². The SMILES string of the molecule is CCOC(=O)[C@@H](C)NC(=O)[C@H](C)NC(=O)N1CCN2CCC1CC2. The van der Waals surface area contributed by atoms with E-state index in [4.69, 9.17) is 4.74 Å². The van der Waals surface area contributed by atoms with Gasteiger partial charge in [-0.05, 0) is 33.6 Å². The van der Waals surface area contributed by atoms with Crippen molar-refractivity contribution >= 4 is 17.9 Å². The number of hydrogen-bond donors (Lipinski definition) is 2. The first-order chi connectivity index (χ1) is 11.4. The van der Waals surface area contributed by atoms with Gasteiger partial charge in [-0.15, -0.1) is 0 Å². The molecule has 2 bridgehead atoms. The lowest BCUT2D eigenvalue weighted by atomic mass is 10.1. The molecule has 3 heterocycles. The van der Waals surface area contributed by atoms with E-state index < -0.39 is 24.0 Å². The fraction of sp³-hybridized carbons (Fsp3) is 0.812. The molecule has 3 saturated heterocycles. The van der Waals surface area contributed by atoms with Gasteiger partial charge in [0.05, 0.1) is 6.61 Å². The van der Waals surface area contributed by atoms with Gasteiger partial charge in [0.1, 0.15) is 12.1 Å². The van der Waals surface area contributed by atoms with Crippen LogP contribution in [0.1, 0.15) is 33.6 Å². The second-order valence-corrected chi connectivity index (χ2v) is 6.42. The van der Waals surface area contributed by atoms with Gasteiger partial charge in [0.2, 0.25) is 5.91 Å². The molecular weight excluding hydrogens is 312 g/mol. The van der Waals surface area contributed by atoms with Crippen LogP contribution in [0.2, 0.25) is 0 Å². The van der Waals surface area contributed by atoms with Crippen LogP contribution >= 0.6 is 0 Å². The summed E-state index contributed by atoms with van der Waals surface area (Å²) in [6.45, 7) is 8.77. The van der Waals surface area contributed by atoms with Crippen molar-refractivity contribution in [2.24, 2.45) is 0 Å². The third kappa shape index (κ3) is 4.59. The molecule has 0 aliphatic carbocycles. The lowest BCUT2D eigenvalue weighted by Crippen LogP contribution is -2.54. The Morgan fingerprint density at radius 3 is 2.33 bits per heavy atom. The van der Waals surface area contributed by atoms with E-state index in [0.29, 0.717) is 6.54 Å². The first kappa shape index (κ1) is 18.5. The summed E-state index contributed by atoms with van der Waals surface area (Å²) in [6, 6.07) is -1.42. The van der Waals surface area contributed by atoms with Gasteiger partial charge < -0.3 is 25.2 Å². The fourth-order valence-electron chi connectivity index (χ4n) is 3.15. The van der Waals surface area contributed by atoms with Gasteiger partial charge in [-0.25, -0.2) is 9.59 Å². The summed E-state index contributed by atoms with van der Waals surface area (Å²) < 4.78 is 4.85. The number of amides is 3. The Balaban J connectivity index is 1.84. The molecule has 0 aromatic rings. The number of nitrogens with zero attached hydrogens (tertiary/aromatic N) is 2. The summed E-state index contributed by atoms with van der Waals surface area (Å²) >= 11 is 0. The van der Waals surface area contributed by atoms with Crippen molar-refractivity contribution in [1.82, 2.24) is 20.4 Å². The molecule has 0 spiro atoms. The number of piperidine rings is 1. The van der Waals surface area contributed by atoms with E-state index in [1.165, 1.54) is 0 Å². The third-order valence-corrected chi connectivity index (χ3v) is 4.65. The molecule has 136 valence electrons. The Morgan fingerprint density at radius 1 is 1.04 bits per heavy atom. The number of ether oxygens (including phenoxy) is 1. The number of fused-ring (bicyclic) bond motifs is 4. The number of nitrogens with one attached hydrogen (secondary N) is 2. The van der Waals surface area contributed by atoms with Crippen LogP contribution in [0.3, 0.4) is 0 Å². The van der Waals surface area contributed by atoms with Gasteiger partial charge >= 0.3 is 12.0 Å². The van der Waals surface area contributed by atoms with Crippen LogP contribution in [0.15, 0.2) is 0 Å². The molecule has 2 atom stereocenters. The smallest absolute Gasteiger partial charge is 0.328 e. The summed E-state index contributed by atoms with van der Waals surface area (Å²) in [5, 5.41) is 5.30. The highest BCUT2D eigenvalue weighted by atomic mass is 16.5. The minimum Gasteiger partial charge on any atom is -0.464 e. The Morgan fingerprint density at radius 2 is 1.71 bits per heavy atom. The van der Waals surface area contributed by atoms with E-state index in [9.17, 15) is 14.4 Å². The first-order valence-electron chi connectivity index (χ1n) is 8.68. The molecule has 3 fully saturated rings. The molecule has 0 unspecified atom stereocenters. The van der Waals surface area contributed by atoms with Crippen LogP contribution in [-0.4, -0.2) is 78.6 Å². The van der Waals surface area contributed by atoms with E-state index in [0.717, 1.165) is 32.5 Å². The van der Waals surface area contributed by atoms with Gasteiger partial charge in [0, 0.05) is 32.2 Å². The molecule has 8 heteroatoms. The second-order valence-electron chi connectivity index (χ2n) is 6.42. The highest BCUT2D eigenvalue weighted by Gasteiger charge is 2.33. The average Bonchev–Trinajstić information content (AvgIpc) is 2.88. The number of esters is 1. The lowest BCUT2D eigenvalue weighted by molar-refractivity contribution is -0.147. The quantitative estimate of drug-likeness (QED) is 0.684. The minimum atomic E-state index is -0.738. The normalized spacial score (nSPS) is 25.4. The maximum atomic E-state index is 12.5. The monoisotopic (exact) mass is 340 g/mol. The fourth-order valence-corrected chi connectivity index (χ4v) is 3.15. The van der Waals surface area contributed by atoms with E-state index >= 15 is 0 Å². The van der Waals surface area contributed by atoms with Crippen LogP contribution in [0, 0.1) is 0 Å². The predicted octanol–water partition coefficient (Wildman–Crippen LogP) is -0.0677. The van der Waals surface area contributed by atoms with Crippen molar-refractivity contribution in [3.05, 3.63) is 0 Å². The topological polar surface area (TPSA) is 91.0 Å². The van der Waals surface area contributed by atoms with Crippen molar-refractivity contribution in [2.75, 3.05) is 32.8 Å². The van der Waals surface area contributed by atoms with E-state index in [2.05, 4.69) is 15.5 Å². The zero-order chi connectivity index (χ0) is 17.7. The summed E-state index contributed by atoms with van der Waals surface area (Å²) in [5.41, 5.74) is 0. The molecule has 0 aromatic heterocycles. The van der Waals surface area contributed by atoms with Gasteiger partial charge in [-0.3, -0.25) is 4.79 Å². The van der Waals surface area contributed by atoms with Gasteiger partial charge in [0.15, 0.2) is 0 Å². The Labute approximate surface area is 142 Å². The van der Waals surface area contributed by atoms with E-state index in [-0.39, 0.29) is 18.7 Å². The van der Waals surface area contributed by atoms with Gasteiger partial charge in [-0.1, -0.05) is 0 Å². The Kier molecular flexibility index (Phi) is 6.42. The number of rotatable bonds is 5. The number of urea groups is 1. The number of hydrogen-bond acceptors (Lipinski definition) is 5. The zero-order valence-corrected chi connectivity index (χ0v) is 14.7. The van der Waals surface area contributed by atoms with Crippen LogP contribution < -0.4 is 10.6 Å². The zero-order valence-electron chi connectivity index (χ0n) is 14.7. The number of carbonyl (C=O) groups is 3. The van der Waals surface area contributed by atoms with Crippen molar-refractivity contribution in [2.45, 2.75) is 51.7 Å². The summed E-state index contributed by atoms with van der Waals surface area (Å²) in [4.78, 5) is 40.4. The van der Waals surface area contributed by atoms with E-state index in [1.54, 1.807) is 20.8 Å². The first-order valence-corrected chi connectivity index (χ1v) is 8.68. The predicted molar refractivity (Wildman–Crippen MR) is 88.4 cm³/mol. The molecule has 0 aromatic carbocycles. The molecule has 0 saturated carbocycles. The van der Waals surface area contributed by atoms with Crippen LogP contribution in [0.25, 0.3) is 0 Å². The van der Waals surface area contributed by atoms with Crippen molar-refractivity contribution in [3.8, 4) is 0 Å². The molecular formula is C16H28N4O4. The van der Waals surface area contributed by atoms with Crippen molar-refractivity contribution in [1.29, 1.82) is 0 Å². The summed E-state index contributed by atoms with van der Waals surface area (Å²) in [5.74, 6) is -0.880. The minimum absolute atomic E-state index is 0.213. The molecule has 24 heavy (non-hydrogen) atoms. The molecule has 3 aliphatic rings.